The van der Waals surface area contributed by atoms with Crippen LogP contribution < -0.4 is 24.4 Å². The number of esters is 1. The summed E-state index contributed by atoms with van der Waals surface area (Å²) in [6.07, 6.45) is 0.327. The number of ether oxygens (including phenoxy) is 4. The summed E-state index contributed by atoms with van der Waals surface area (Å²) in [6.45, 7) is 2.44. The van der Waals surface area contributed by atoms with Crippen molar-refractivity contribution in [3.63, 3.8) is 0 Å². The molecule has 6 rings (SSSR count). The zero-order valence-corrected chi connectivity index (χ0v) is 19.0. The van der Waals surface area contributed by atoms with Crippen molar-refractivity contribution in [2.75, 3.05) is 43.7 Å². The summed E-state index contributed by atoms with van der Waals surface area (Å²) in [6, 6.07) is 20.5. The lowest BCUT2D eigenvalue weighted by Gasteiger charge is -2.32. The number of nitrogens with zero attached hydrogens (tertiary/aromatic N) is 1. The predicted octanol–water partition coefficient (Wildman–Crippen LogP) is 4.80. The highest BCUT2D eigenvalue weighted by Crippen LogP contribution is 2.47. The number of para-hydroxylation sites is 3. The average Bonchev–Trinajstić information content (AvgIpc) is 3.47. The first kappa shape index (κ1) is 20.7. The Balaban J connectivity index is 1.24. The zero-order valence-electron chi connectivity index (χ0n) is 19.0. The number of rotatable bonds is 5. The molecule has 3 aliphatic rings. The molecule has 7 heteroatoms. The molecule has 0 radical (unpaired) electrons. The van der Waals surface area contributed by atoms with Crippen molar-refractivity contribution in [1.82, 2.24) is 0 Å². The Labute approximate surface area is 198 Å². The van der Waals surface area contributed by atoms with Crippen LogP contribution >= 0.6 is 0 Å². The molecule has 0 aliphatic carbocycles. The maximum atomic E-state index is 11.7. The minimum absolute atomic E-state index is 0.0246. The third kappa shape index (κ3) is 3.57. The van der Waals surface area contributed by atoms with Crippen LogP contribution in [0.4, 0.5) is 17.1 Å². The van der Waals surface area contributed by atoms with Crippen LogP contribution in [-0.4, -0.2) is 39.4 Å². The second kappa shape index (κ2) is 8.48. The van der Waals surface area contributed by atoms with Gasteiger partial charge in [0.05, 0.1) is 44.1 Å². The van der Waals surface area contributed by atoms with Gasteiger partial charge in [0.25, 0.3) is 0 Å². The van der Waals surface area contributed by atoms with Gasteiger partial charge >= 0.3 is 5.97 Å². The molecule has 7 nitrogen and oxygen atoms in total. The molecule has 0 fully saturated rings. The number of benzene rings is 3. The Kier molecular flexibility index (Phi) is 5.17. The highest BCUT2D eigenvalue weighted by molar-refractivity contribution is 5.76. The highest BCUT2D eigenvalue weighted by atomic mass is 16.5. The van der Waals surface area contributed by atoms with Gasteiger partial charge in [0.1, 0.15) is 30.5 Å². The van der Waals surface area contributed by atoms with Crippen LogP contribution in [0.15, 0.2) is 60.7 Å². The summed E-state index contributed by atoms with van der Waals surface area (Å²) < 4.78 is 22.7. The number of methoxy groups -OCH3 is 1. The van der Waals surface area contributed by atoms with Gasteiger partial charge < -0.3 is 29.2 Å². The van der Waals surface area contributed by atoms with E-state index < -0.39 is 0 Å². The fraction of sp³-hybridized carbons (Fsp3) is 0.296. The summed E-state index contributed by atoms with van der Waals surface area (Å²) in [5.74, 6) is 2.43. The molecule has 0 amide bonds. The average molecular weight is 459 g/mol. The van der Waals surface area contributed by atoms with Crippen molar-refractivity contribution in [2.24, 2.45) is 0 Å². The molecule has 0 saturated heterocycles. The van der Waals surface area contributed by atoms with Crippen LogP contribution in [-0.2, 0) is 9.53 Å². The van der Waals surface area contributed by atoms with Crippen molar-refractivity contribution < 1.29 is 23.7 Å². The summed E-state index contributed by atoms with van der Waals surface area (Å²) in [5, 5.41) is 3.60. The van der Waals surface area contributed by atoms with Crippen molar-refractivity contribution in [2.45, 2.75) is 18.4 Å². The molecule has 0 bridgehead atoms. The molecule has 0 aromatic heterocycles. The number of hydrogen-bond acceptors (Lipinski definition) is 7. The largest absolute Gasteiger partial charge is 0.493 e. The minimum atomic E-state index is -0.220. The van der Waals surface area contributed by atoms with Crippen molar-refractivity contribution in [1.29, 1.82) is 0 Å². The Bertz CT molecular complexity index is 1240. The molecule has 3 aliphatic heterocycles. The number of nitrogens with one attached hydrogen (secondary N) is 1. The zero-order chi connectivity index (χ0) is 23.1. The smallest absolute Gasteiger partial charge is 0.306 e. The Morgan fingerprint density at radius 1 is 0.971 bits per heavy atom. The highest BCUT2D eigenvalue weighted by Gasteiger charge is 2.31. The molecule has 3 heterocycles. The summed E-state index contributed by atoms with van der Waals surface area (Å²) in [4.78, 5) is 14.0. The fourth-order valence-electron chi connectivity index (χ4n) is 5.00. The van der Waals surface area contributed by atoms with Crippen LogP contribution in [0.2, 0.25) is 0 Å². The van der Waals surface area contributed by atoms with E-state index in [2.05, 4.69) is 34.5 Å². The number of hydrogen-bond donors (Lipinski definition) is 1. The molecular formula is C27H26N2O5. The molecule has 3 aromatic rings. The van der Waals surface area contributed by atoms with Gasteiger partial charge in [-0.1, -0.05) is 30.3 Å². The number of fused-ring (bicyclic) bond motifs is 3. The van der Waals surface area contributed by atoms with Gasteiger partial charge in [-0.05, 0) is 24.3 Å². The van der Waals surface area contributed by atoms with E-state index in [1.807, 2.05) is 36.4 Å². The lowest BCUT2D eigenvalue weighted by molar-refractivity contribution is -0.141. The normalized spacial score (nSPS) is 19.7. The first-order chi connectivity index (χ1) is 16.7. The fourth-order valence-corrected chi connectivity index (χ4v) is 5.00. The molecular weight excluding hydrogens is 432 g/mol. The first-order valence-corrected chi connectivity index (χ1v) is 11.6. The van der Waals surface area contributed by atoms with Gasteiger partial charge in [0.2, 0.25) is 0 Å². The minimum Gasteiger partial charge on any atom is -0.493 e. The van der Waals surface area contributed by atoms with Gasteiger partial charge in [-0.25, -0.2) is 0 Å². The molecule has 174 valence electrons. The lowest BCUT2D eigenvalue weighted by atomic mass is 9.97. The van der Waals surface area contributed by atoms with Gasteiger partial charge in [0, 0.05) is 28.8 Å². The van der Waals surface area contributed by atoms with Crippen LogP contribution in [0.5, 0.6) is 17.2 Å². The standard InChI is InChI=1S/C27H26N2O5/c1-31-26(30)13-17-15-33-25-14-18(9-10-19(17)25)28-21-16-34-27-20(21)5-4-7-23(27)29-11-12-32-24-8-3-2-6-22(24)29/h2-10,14,17,21,28H,11-13,15-16H2,1H3. The van der Waals surface area contributed by atoms with Crippen LogP contribution in [0.3, 0.4) is 0 Å². The van der Waals surface area contributed by atoms with E-state index in [0.29, 0.717) is 26.2 Å². The second-order valence-corrected chi connectivity index (χ2v) is 8.71. The maximum Gasteiger partial charge on any atom is 0.306 e. The van der Waals surface area contributed by atoms with Gasteiger partial charge in [-0.3, -0.25) is 4.79 Å². The number of carbonyl (C=O) groups is 1. The third-order valence-electron chi connectivity index (χ3n) is 6.69. The van der Waals surface area contributed by atoms with Crippen molar-refractivity contribution in [3.05, 3.63) is 71.8 Å². The summed E-state index contributed by atoms with van der Waals surface area (Å²) in [7, 11) is 1.41. The van der Waals surface area contributed by atoms with Gasteiger partial charge in [-0.2, -0.15) is 0 Å². The van der Waals surface area contributed by atoms with E-state index in [0.717, 1.165) is 52.0 Å². The molecule has 2 unspecified atom stereocenters. The summed E-state index contributed by atoms with van der Waals surface area (Å²) in [5.41, 5.74) is 5.25. The monoisotopic (exact) mass is 458 g/mol. The molecule has 0 spiro atoms. The van der Waals surface area contributed by atoms with Crippen molar-refractivity contribution >= 4 is 23.0 Å². The Hall–Kier alpha value is -3.87. The van der Waals surface area contributed by atoms with Crippen LogP contribution in [0, 0.1) is 0 Å². The topological polar surface area (TPSA) is 69.3 Å². The van der Waals surface area contributed by atoms with E-state index in [1.54, 1.807) is 0 Å². The lowest BCUT2D eigenvalue weighted by Crippen LogP contribution is -2.28. The van der Waals surface area contributed by atoms with E-state index >= 15 is 0 Å². The Morgan fingerprint density at radius 3 is 2.76 bits per heavy atom. The van der Waals surface area contributed by atoms with Crippen LogP contribution in [0.25, 0.3) is 0 Å². The molecule has 3 aromatic carbocycles. The number of carbonyl (C=O) groups excluding carboxylic acids is 1. The number of anilines is 3. The summed E-state index contributed by atoms with van der Waals surface area (Å²) >= 11 is 0. The molecule has 34 heavy (non-hydrogen) atoms. The second-order valence-electron chi connectivity index (χ2n) is 8.71. The molecule has 2 atom stereocenters. The Morgan fingerprint density at radius 2 is 1.85 bits per heavy atom. The molecule has 0 saturated carbocycles. The maximum absolute atomic E-state index is 11.7. The van der Waals surface area contributed by atoms with Crippen LogP contribution in [0.1, 0.15) is 29.5 Å². The predicted molar refractivity (Wildman–Crippen MR) is 129 cm³/mol. The van der Waals surface area contributed by atoms with Gasteiger partial charge in [-0.15, -0.1) is 0 Å². The van der Waals surface area contributed by atoms with Gasteiger partial charge in [0.15, 0.2) is 0 Å². The third-order valence-corrected chi connectivity index (χ3v) is 6.69. The van der Waals surface area contributed by atoms with E-state index in [9.17, 15) is 4.79 Å². The van der Waals surface area contributed by atoms with E-state index in [4.69, 9.17) is 18.9 Å². The van der Waals surface area contributed by atoms with Crippen molar-refractivity contribution in [3.8, 4) is 17.2 Å². The van der Waals surface area contributed by atoms with E-state index in [1.165, 1.54) is 7.11 Å². The first-order valence-electron chi connectivity index (χ1n) is 11.6. The molecule has 1 N–H and O–H groups in total. The van der Waals surface area contributed by atoms with E-state index in [-0.39, 0.29) is 17.9 Å². The SMILES string of the molecule is COC(=O)CC1COc2cc(NC3COc4c3cccc4N3CCOc4ccccc43)ccc21. The quantitative estimate of drug-likeness (QED) is 0.551.